The Bertz CT molecular complexity index is 424. The van der Waals surface area contributed by atoms with Crippen LogP contribution in [-0.4, -0.2) is 25.9 Å². The molecule has 0 bridgehead atoms. The van der Waals surface area contributed by atoms with Gasteiger partial charge in [-0.2, -0.15) is 13.2 Å². The summed E-state index contributed by atoms with van der Waals surface area (Å²) in [5.41, 5.74) is -0.176. The fraction of sp³-hybridized carbons (Fsp3) is 0.455. The summed E-state index contributed by atoms with van der Waals surface area (Å²) in [6, 6.07) is 2.34. The molecule has 0 aromatic heterocycles. The fourth-order valence-electron chi connectivity index (χ4n) is 1.28. The van der Waals surface area contributed by atoms with Crippen molar-refractivity contribution >= 4 is 15.9 Å². The number of hydrogen-bond donors (Lipinski definition) is 1. The van der Waals surface area contributed by atoms with E-state index in [4.69, 9.17) is 0 Å². The topological polar surface area (TPSA) is 21.3 Å². The predicted octanol–water partition coefficient (Wildman–Crippen LogP) is 3.40. The van der Waals surface area contributed by atoms with Crippen molar-refractivity contribution in [2.75, 3.05) is 19.8 Å². The Hall–Kier alpha value is -0.730. The van der Waals surface area contributed by atoms with Crippen molar-refractivity contribution in [3.8, 4) is 0 Å². The normalized spacial score (nSPS) is 11.9. The van der Waals surface area contributed by atoms with E-state index in [0.717, 1.165) is 6.07 Å². The van der Waals surface area contributed by atoms with Gasteiger partial charge in [0.15, 0.2) is 0 Å². The molecule has 0 saturated carbocycles. The van der Waals surface area contributed by atoms with Crippen molar-refractivity contribution < 1.29 is 26.7 Å². The van der Waals surface area contributed by atoms with Crippen molar-refractivity contribution in [2.24, 2.45) is 0 Å². The highest BCUT2D eigenvalue weighted by Crippen LogP contribution is 2.21. The van der Waals surface area contributed by atoms with Crippen LogP contribution in [0.5, 0.6) is 0 Å². The SMILES string of the molecule is Fc1ccc(Br)c(F)c1CNCCOCC(F)(F)F. The Kier molecular flexibility index (Phi) is 6.15. The van der Waals surface area contributed by atoms with Gasteiger partial charge >= 0.3 is 6.18 Å². The molecule has 0 spiro atoms. The van der Waals surface area contributed by atoms with E-state index >= 15 is 0 Å². The van der Waals surface area contributed by atoms with Crippen molar-refractivity contribution in [2.45, 2.75) is 12.7 Å². The second kappa shape index (κ2) is 7.16. The maximum atomic E-state index is 13.5. The van der Waals surface area contributed by atoms with Gasteiger partial charge in [-0.25, -0.2) is 8.78 Å². The summed E-state index contributed by atoms with van der Waals surface area (Å²) >= 11 is 2.92. The number of ether oxygens (including phenoxy) is 1. The summed E-state index contributed by atoms with van der Waals surface area (Å²) in [7, 11) is 0. The molecule has 1 aromatic rings. The van der Waals surface area contributed by atoms with Gasteiger partial charge in [0.25, 0.3) is 0 Å². The number of hydrogen-bond acceptors (Lipinski definition) is 2. The predicted molar refractivity (Wildman–Crippen MR) is 62.6 cm³/mol. The Balaban J connectivity index is 2.32. The highest BCUT2D eigenvalue weighted by atomic mass is 79.9. The van der Waals surface area contributed by atoms with Crippen LogP contribution in [0.3, 0.4) is 0 Å². The molecule has 0 atom stereocenters. The third kappa shape index (κ3) is 5.84. The van der Waals surface area contributed by atoms with Gasteiger partial charge in [-0.15, -0.1) is 0 Å². The third-order valence-electron chi connectivity index (χ3n) is 2.13. The van der Waals surface area contributed by atoms with E-state index in [1.807, 2.05) is 0 Å². The first-order valence-electron chi connectivity index (χ1n) is 5.29. The highest BCUT2D eigenvalue weighted by molar-refractivity contribution is 9.10. The van der Waals surface area contributed by atoms with Crippen LogP contribution in [0.15, 0.2) is 16.6 Å². The summed E-state index contributed by atoms with van der Waals surface area (Å²) in [6.07, 6.45) is -4.37. The summed E-state index contributed by atoms with van der Waals surface area (Å²) in [4.78, 5) is 0. The minimum absolute atomic E-state index is 0.0570. The molecule has 2 nitrogen and oxygen atoms in total. The first kappa shape index (κ1) is 16.3. The van der Waals surface area contributed by atoms with Crippen LogP contribution in [0.1, 0.15) is 5.56 Å². The van der Waals surface area contributed by atoms with Gasteiger partial charge in [0.2, 0.25) is 0 Å². The molecule has 0 heterocycles. The maximum absolute atomic E-state index is 13.5. The molecule has 8 heteroatoms. The average molecular weight is 348 g/mol. The van der Waals surface area contributed by atoms with Gasteiger partial charge in [-0.3, -0.25) is 0 Å². The number of nitrogens with one attached hydrogen (secondary N) is 1. The van der Waals surface area contributed by atoms with Crippen molar-refractivity contribution in [3.05, 3.63) is 33.8 Å². The van der Waals surface area contributed by atoms with Crippen LogP contribution in [-0.2, 0) is 11.3 Å². The Morgan fingerprint density at radius 3 is 2.53 bits per heavy atom. The van der Waals surface area contributed by atoms with E-state index in [1.165, 1.54) is 6.07 Å². The largest absolute Gasteiger partial charge is 0.411 e. The molecule has 0 aliphatic carbocycles. The molecule has 0 radical (unpaired) electrons. The summed E-state index contributed by atoms with van der Waals surface area (Å²) in [6.45, 7) is -1.61. The Morgan fingerprint density at radius 2 is 1.89 bits per heavy atom. The number of alkyl halides is 3. The zero-order valence-corrected chi connectivity index (χ0v) is 11.2. The van der Waals surface area contributed by atoms with Gasteiger partial charge in [-0.1, -0.05) is 0 Å². The van der Waals surface area contributed by atoms with Gasteiger partial charge in [0, 0.05) is 18.7 Å². The van der Waals surface area contributed by atoms with Gasteiger partial charge in [0.05, 0.1) is 11.1 Å². The minimum atomic E-state index is -4.37. The standard InChI is InChI=1S/C11H11BrF5NO/c12-8-1-2-9(13)7(10(8)14)5-18-3-4-19-6-11(15,16)17/h1-2,18H,3-6H2. The molecule has 1 aromatic carbocycles. The fourth-order valence-corrected chi connectivity index (χ4v) is 1.65. The molecule has 0 aliphatic rings. The van der Waals surface area contributed by atoms with Crippen LogP contribution in [0.4, 0.5) is 22.0 Å². The van der Waals surface area contributed by atoms with Gasteiger partial charge in [-0.05, 0) is 28.1 Å². The van der Waals surface area contributed by atoms with Crippen molar-refractivity contribution in [1.82, 2.24) is 5.32 Å². The van der Waals surface area contributed by atoms with Crippen molar-refractivity contribution in [3.63, 3.8) is 0 Å². The summed E-state index contributed by atoms with van der Waals surface area (Å²) in [5, 5.41) is 2.60. The molecule has 0 fully saturated rings. The van der Waals surface area contributed by atoms with Crippen LogP contribution < -0.4 is 5.32 Å². The lowest BCUT2D eigenvalue weighted by Gasteiger charge is -2.10. The zero-order chi connectivity index (χ0) is 14.5. The molecule has 19 heavy (non-hydrogen) atoms. The van der Waals surface area contributed by atoms with Crippen LogP contribution in [0, 0.1) is 11.6 Å². The van der Waals surface area contributed by atoms with Crippen LogP contribution in [0.25, 0.3) is 0 Å². The molecule has 0 aliphatic heterocycles. The maximum Gasteiger partial charge on any atom is 0.411 e. The third-order valence-corrected chi connectivity index (χ3v) is 2.74. The van der Waals surface area contributed by atoms with Gasteiger partial charge < -0.3 is 10.1 Å². The van der Waals surface area contributed by atoms with E-state index < -0.39 is 24.4 Å². The first-order valence-corrected chi connectivity index (χ1v) is 6.08. The Morgan fingerprint density at radius 1 is 1.21 bits per heavy atom. The molecule has 0 unspecified atom stereocenters. The van der Waals surface area contributed by atoms with E-state index in [0.29, 0.717) is 0 Å². The lowest BCUT2D eigenvalue weighted by molar-refractivity contribution is -0.173. The van der Waals surface area contributed by atoms with Gasteiger partial charge in [0.1, 0.15) is 18.2 Å². The van der Waals surface area contributed by atoms with E-state index in [1.54, 1.807) is 0 Å². The molecule has 1 rings (SSSR count). The molecular weight excluding hydrogens is 337 g/mol. The van der Waals surface area contributed by atoms with E-state index in [-0.39, 0.29) is 29.7 Å². The van der Waals surface area contributed by atoms with Crippen LogP contribution >= 0.6 is 15.9 Å². The molecule has 108 valence electrons. The Labute approximate surface area is 115 Å². The average Bonchev–Trinajstić information content (AvgIpc) is 2.31. The van der Waals surface area contributed by atoms with E-state index in [9.17, 15) is 22.0 Å². The number of rotatable bonds is 6. The molecule has 0 saturated heterocycles. The molecule has 1 N–H and O–H groups in total. The molecule has 0 amide bonds. The number of halogens is 6. The summed E-state index contributed by atoms with van der Waals surface area (Å²) < 4.78 is 66.4. The zero-order valence-electron chi connectivity index (χ0n) is 9.66. The van der Waals surface area contributed by atoms with Crippen LogP contribution in [0.2, 0.25) is 0 Å². The minimum Gasteiger partial charge on any atom is -0.371 e. The quantitative estimate of drug-likeness (QED) is 0.483. The second-order valence-corrected chi connectivity index (χ2v) is 4.52. The first-order chi connectivity index (χ1) is 8.81. The van der Waals surface area contributed by atoms with Crippen molar-refractivity contribution in [1.29, 1.82) is 0 Å². The second-order valence-electron chi connectivity index (χ2n) is 3.67. The lowest BCUT2D eigenvalue weighted by Crippen LogP contribution is -2.24. The molecular formula is C11H11BrF5NO. The highest BCUT2D eigenvalue weighted by Gasteiger charge is 2.27. The summed E-state index contributed by atoms with van der Waals surface area (Å²) in [5.74, 6) is -1.45. The lowest BCUT2D eigenvalue weighted by atomic mass is 10.2. The monoisotopic (exact) mass is 347 g/mol. The number of benzene rings is 1. The van der Waals surface area contributed by atoms with E-state index in [2.05, 4.69) is 26.0 Å². The smallest absolute Gasteiger partial charge is 0.371 e.